The Labute approximate surface area is 103 Å². The predicted octanol–water partition coefficient (Wildman–Crippen LogP) is 1.27. The lowest BCUT2D eigenvalue weighted by Crippen LogP contribution is -2.47. The Kier molecular flexibility index (Phi) is 3.04. The summed E-state index contributed by atoms with van der Waals surface area (Å²) < 4.78 is 0. The van der Waals surface area contributed by atoms with Crippen LogP contribution in [0.3, 0.4) is 0 Å². The molecule has 1 fully saturated rings. The lowest BCUT2D eigenvalue weighted by Gasteiger charge is -2.33. The second-order valence-corrected chi connectivity index (χ2v) is 5.31. The van der Waals surface area contributed by atoms with Crippen LogP contribution in [0.4, 0.5) is 5.69 Å². The van der Waals surface area contributed by atoms with Crippen LogP contribution in [0.2, 0.25) is 0 Å². The fourth-order valence-corrected chi connectivity index (χ4v) is 2.83. The lowest BCUT2D eigenvalue weighted by atomic mass is 10.1. The zero-order valence-electron chi connectivity index (χ0n) is 10.5. The first-order valence-electron chi connectivity index (χ1n) is 6.56. The van der Waals surface area contributed by atoms with Crippen molar-refractivity contribution in [2.45, 2.75) is 12.5 Å². The topological polar surface area (TPSA) is 18.5 Å². The number of piperazine rings is 1. The molecule has 1 saturated heterocycles. The van der Waals surface area contributed by atoms with Gasteiger partial charge < -0.3 is 10.2 Å². The van der Waals surface area contributed by atoms with E-state index < -0.39 is 0 Å². The van der Waals surface area contributed by atoms with Crippen molar-refractivity contribution in [2.75, 3.05) is 45.1 Å². The number of likely N-dealkylation sites (N-methyl/N-ethyl adjacent to an activating group) is 1. The van der Waals surface area contributed by atoms with E-state index in [1.807, 2.05) is 0 Å². The first-order valence-corrected chi connectivity index (χ1v) is 6.56. The molecule has 1 atom stereocenters. The van der Waals surface area contributed by atoms with Crippen molar-refractivity contribution >= 4 is 5.69 Å². The van der Waals surface area contributed by atoms with E-state index >= 15 is 0 Å². The molecule has 1 aromatic carbocycles. The number of hydrogen-bond acceptors (Lipinski definition) is 3. The van der Waals surface area contributed by atoms with Crippen LogP contribution in [0.5, 0.6) is 0 Å². The van der Waals surface area contributed by atoms with Gasteiger partial charge in [0.25, 0.3) is 0 Å². The Morgan fingerprint density at radius 3 is 2.71 bits per heavy atom. The van der Waals surface area contributed by atoms with E-state index in [2.05, 4.69) is 46.4 Å². The first-order chi connectivity index (χ1) is 8.31. The second kappa shape index (κ2) is 4.67. The molecule has 0 bridgehead atoms. The van der Waals surface area contributed by atoms with Crippen LogP contribution < -0.4 is 5.32 Å². The molecular formula is C14H21N3. The van der Waals surface area contributed by atoms with Crippen molar-refractivity contribution < 1.29 is 0 Å². The molecule has 0 unspecified atom stereocenters. The van der Waals surface area contributed by atoms with Gasteiger partial charge in [0.05, 0.1) is 0 Å². The highest BCUT2D eigenvalue weighted by Gasteiger charge is 2.23. The molecule has 3 heteroatoms. The molecule has 17 heavy (non-hydrogen) atoms. The highest BCUT2D eigenvalue weighted by molar-refractivity contribution is 5.56. The molecular weight excluding hydrogens is 210 g/mol. The summed E-state index contributed by atoms with van der Waals surface area (Å²) in [5.41, 5.74) is 2.82. The van der Waals surface area contributed by atoms with Crippen LogP contribution in [-0.2, 0) is 6.42 Å². The predicted molar refractivity (Wildman–Crippen MR) is 71.5 cm³/mol. The van der Waals surface area contributed by atoms with Crippen molar-refractivity contribution in [1.82, 2.24) is 9.80 Å². The van der Waals surface area contributed by atoms with Gasteiger partial charge in [0.1, 0.15) is 0 Å². The van der Waals surface area contributed by atoms with Crippen molar-refractivity contribution in [3.05, 3.63) is 29.8 Å². The van der Waals surface area contributed by atoms with Crippen LogP contribution >= 0.6 is 0 Å². The molecule has 2 heterocycles. The summed E-state index contributed by atoms with van der Waals surface area (Å²) in [6.45, 7) is 6.03. The Bertz CT molecular complexity index is 358. The molecule has 0 radical (unpaired) electrons. The SMILES string of the molecule is CN1CCN(C[C@@H]2Cc3ccccc3N2)CC1. The molecule has 3 rings (SSSR count). The smallest absolute Gasteiger partial charge is 0.0429 e. The third-order valence-corrected chi connectivity index (χ3v) is 3.92. The van der Waals surface area contributed by atoms with E-state index in [0.29, 0.717) is 6.04 Å². The summed E-state index contributed by atoms with van der Waals surface area (Å²) in [4.78, 5) is 5.00. The van der Waals surface area contributed by atoms with Crippen LogP contribution in [0.15, 0.2) is 24.3 Å². The third-order valence-electron chi connectivity index (χ3n) is 3.92. The van der Waals surface area contributed by atoms with Crippen molar-refractivity contribution in [3.8, 4) is 0 Å². The van der Waals surface area contributed by atoms with Crippen molar-refractivity contribution in [3.63, 3.8) is 0 Å². The molecule has 1 aromatic rings. The highest BCUT2D eigenvalue weighted by atomic mass is 15.3. The number of rotatable bonds is 2. The molecule has 1 N–H and O–H groups in total. The van der Waals surface area contributed by atoms with Gasteiger partial charge in [0.2, 0.25) is 0 Å². The number of nitrogens with zero attached hydrogens (tertiary/aromatic N) is 2. The summed E-state index contributed by atoms with van der Waals surface area (Å²) in [6.07, 6.45) is 1.18. The number of benzene rings is 1. The minimum atomic E-state index is 0.607. The Morgan fingerprint density at radius 2 is 1.94 bits per heavy atom. The quantitative estimate of drug-likeness (QED) is 0.827. The number of anilines is 1. The third kappa shape index (κ3) is 2.45. The van der Waals surface area contributed by atoms with Gasteiger partial charge >= 0.3 is 0 Å². The Balaban J connectivity index is 1.55. The average Bonchev–Trinajstić information content (AvgIpc) is 2.74. The van der Waals surface area contributed by atoms with Crippen molar-refractivity contribution in [2.24, 2.45) is 0 Å². The number of para-hydroxylation sites is 1. The summed E-state index contributed by atoms with van der Waals surface area (Å²) >= 11 is 0. The van der Waals surface area contributed by atoms with Gasteiger partial charge in [-0.3, -0.25) is 4.90 Å². The fraction of sp³-hybridized carbons (Fsp3) is 0.571. The van der Waals surface area contributed by atoms with Crippen LogP contribution in [-0.4, -0.2) is 55.6 Å². The molecule has 0 aromatic heterocycles. The van der Waals surface area contributed by atoms with E-state index in [1.54, 1.807) is 0 Å². The van der Waals surface area contributed by atoms with E-state index in [9.17, 15) is 0 Å². The maximum absolute atomic E-state index is 3.64. The van der Waals surface area contributed by atoms with Gasteiger partial charge in [-0.05, 0) is 25.1 Å². The Morgan fingerprint density at radius 1 is 1.18 bits per heavy atom. The fourth-order valence-electron chi connectivity index (χ4n) is 2.83. The zero-order valence-corrected chi connectivity index (χ0v) is 10.5. The number of hydrogen-bond donors (Lipinski definition) is 1. The Hall–Kier alpha value is -1.06. The summed E-state index contributed by atoms with van der Waals surface area (Å²) in [5, 5.41) is 3.64. The van der Waals surface area contributed by atoms with Crippen LogP contribution in [0, 0.1) is 0 Å². The van der Waals surface area contributed by atoms with E-state index in [0.717, 1.165) is 0 Å². The van der Waals surface area contributed by atoms with Gasteiger partial charge in [0, 0.05) is 44.5 Å². The monoisotopic (exact) mass is 231 g/mol. The maximum atomic E-state index is 3.64. The van der Waals surface area contributed by atoms with Gasteiger partial charge in [-0.2, -0.15) is 0 Å². The van der Waals surface area contributed by atoms with Gasteiger partial charge in [-0.1, -0.05) is 18.2 Å². The first kappa shape index (κ1) is 11.1. The molecule has 0 spiro atoms. The van der Waals surface area contributed by atoms with Gasteiger partial charge in [-0.25, -0.2) is 0 Å². The maximum Gasteiger partial charge on any atom is 0.0429 e. The number of nitrogens with one attached hydrogen (secondary N) is 1. The van der Waals surface area contributed by atoms with Gasteiger partial charge in [0.15, 0.2) is 0 Å². The van der Waals surface area contributed by atoms with E-state index in [-0.39, 0.29) is 0 Å². The van der Waals surface area contributed by atoms with Crippen molar-refractivity contribution in [1.29, 1.82) is 0 Å². The minimum Gasteiger partial charge on any atom is -0.380 e. The minimum absolute atomic E-state index is 0.607. The van der Waals surface area contributed by atoms with E-state index in [4.69, 9.17) is 0 Å². The van der Waals surface area contributed by atoms with E-state index in [1.165, 1.54) is 50.4 Å². The number of fused-ring (bicyclic) bond motifs is 1. The molecule has 3 nitrogen and oxygen atoms in total. The summed E-state index contributed by atoms with van der Waals surface area (Å²) in [5.74, 6) is 0. The molecule has 0 amide bonds. The second-order valence-electron chi connectivity index (χ2n) is 5.31. The highest BCUT2D eigenvalue weighted by Crippen LogP contribution is 2.25. The normalized spacial score (nSPS) is 25.6. The average molecular weight is 231 g/mol. The van der Waals surface area contributed by atoms with Crippen LogP contribution in [0.1, 0.15) is 5.56 Å². The van der Waals surface area contributed by atoms with Crippen LogP contribution in [0.25, 0.3) is 0 Å². The molecule has 2 aliphatic heterocycles. The molecule has 0 aliphatic carbocycles. The molecule has 2 aliphatic rings. The molecule has 92 valence electrons. The summed E-state index contributed by atoms with van der Waals surface area (Å²) in [6, 6.07) is 9.30. The summed E-state index contributed by atoms with van der Waals surface area (Å²) in [7, 11) is 2.21. The zero-order chi connectivity index (χ0) is 11.7. The lowest BCUT2D eigenvalue weighted by molar-refractivity contribution is 0.150. The largest absolute Gasteiger partial charge is 0.380 e. The molecule has 0 saturated carbocycles. The van der Waals surface area contributed by atoms with Gasteiger partial charge in [-0.15, -0.1) is 0 Å². The standard InChI is InChI=1S/C14H21N3/c1-16-6-8-17(9-7-16)11-13-10-12-4-2-3-5-14(12)15-13/h2-5,13,15H,6-11H2,1H3/t13-/m0/s1.